The molecule has 0 spiro atoms. The van der Waals surface area contributed by atoms with Crippen LogP contribution in [0.3, 0.4) is 0 Å². The average Bonchev–Trinajstić information content (AvgIpc) is 3.45. The Bertz CT molecular complexity index is 700. The van der Waals surface area contributed by atoms with Gasteiger partial charge >= 0.3 is 0 Å². The molecule has 0 saturated heterocycles. The van der Waals surface area contributed by atoms with Crippen LogP contribution in [0.1, 0.15) is 49.0 Å². The van der Waals surface area contributed by atoms with Gasteiger partial charge in [-0.1, -0.05) is 12.8 Å². The highest BCUT2D eigenvalue weighted by Crippen LogP contribution is 2.23. The molecule has 3 rings (SSSR count). The predicted molar refractivity (Wildman–Crippen MR) is 101 cm³/mol. The number of amides is 1. The molecular formula is C17H26N8O. The largest absolute Gasteiger partial charge is 0.364 e. The summed E-state index contributed by atoms with van der Waals surface area (Å²) in [6.07, 6.45) is 9.10. The van der Waals surface area contributed by atoms with E-state index in [2.05, 4.69) is 25.6 Å². The van der Waals surface area contributed by atoms with Crippen LogP contribution in [0.5, 0.6) is 0 Å². The number of carbonyl (C=O) groups is 1. The second kappa shape index (κ2) is 8.33. The zero-order chi connectivity index (χ0) is 18.5. The van der Waals surface area contributed by atoms with Gasteiger partial charge in [0.25, 0.3) is 5.91 Å². The summed E-state index contributed by atoms with van der Waals surface area (Å²) < 4.78 is 0. The molecule has 9 heteroatoms. The summed E-state index contributed by atoms with van der Waals surface area (Å²) in [4.78, 5) is 24.5. The zero-order valence-corrected chi connectivity index (χ0v) is 14.7. The fraction of sp³-hybridized carbons (Fsp3) is 0.588. The van der Waals surface area contributed by atoms with Crippen molar-refractivity contribution in [3.63, 3.8) is 0 Å². The molecule has 2 aliphatic carbocycles. The minimum Gasteiger partial charge on any atom is -0.364 e. The van der Waals surface area contributed by atoms with Crippen molar-refractivity contribution in [2.24, 2.45) is 16.5 Å². The molecule has 0 aromatic carbocycles. The van der Waals surface area contributed by atoms with E-state index in [0.717, 1.165) is 44.7 Å². The van der Waals surface area contributed by atoms with Gasteiger partial charge in [0.2, 0.25) is 0 Å². The van der Waals surface area contributed by atoms with Gasteiger partial charge in [-0.05, 0) is 25.7 Å². The minimum atomic E-state index is -0.698. The van der Waals surface area contributed by atoms with E-state index in [-0.39, 0.29) is 23.6 Å². The second-order valence-electron chi connectivity index (χ2n) is 6.89. The van der Waals surface area contributed by atoms with Crippen LogP contribution in [0.4, 0.5) is 11.6 Å². The monoisotopic (exact) mass is 358 g/mol. The van der Waals surface area contributed by atoms with Gasteiger partial charge in [-0.15, -0.1) is 0 Å². The molecular weight excluding hydrogens is 332 g/mol. The van der Waals surface area contributed by atoms with Crippen molar-refractivity contribution in [3.8, 4) is 0 Å². The molecule has 9 nitrogen and oxygen atoms in total. The highest BCUT2D eigenvalue weighted by atomic mass is 16.1. The van der Waals surface area contributed by atoms with Gasteiger partial charge in [-0.3, -0.25) is 4.79 Å². The highest BCUT2D eigenvalue weighted by molar-refractivity contribution is 6.31. The number of nitrogens with zero attached hydrogens (tertiary/aromatic N) is 3. The lowest BCUT2D eigenvalue weighted by atomic mass is 9.91. The van der Waals surface area contributed by atoms with Gasteiger partial charge in [0, 0.05) is 30.9 Å². The molecule has 0 aliphatic heterocycles. The molecule has 2 aliphatic rings. The van der Waals surface area contributed by atoms with Crippen molar-refractivity contribution < 1.29 is 4.79 Å². The molecule has 140 valence electrons. The number of aliphatic imine (C=N–C) groups is 1. The lowest BCUT2D eigenvalue weighted by Gasteiger charge is -2.29. The third-order valence-electron chi connectivity index (χ3n) is 4.71. The van der Waals surface area contributed by atoms with Crippen LogP contribution >= 0.6 is 0 Å². The number of aromatic nitrogens is 2. The molecule has 1 aromatic rings. The Morgan fingerprint density at radius 2 is 2.12 bits per heavy atom. The molecule has 1 amide bonds. The maximum Gasteiger partial charge on any atom is 0.271 e. The first-order valence-corrected chi connectivity index (χ1v) is 9.07. The summed E-state index contributed by atoms with van der Waals surface area (Å²) in [7, 11) is 0. The molecule has 0 bridgehead atoms. The molecule has 2 saturated carbocycles. The van der Waals surface area contributed by atoms with Gasteiger partial charge in [0.15, 0.2) is 11.5 Å². The quantitative estimate of drug-likeness (QED) is 0.431. The van der Waals surface area contributed by atoms with Crippen molar-refractivity contribution in [3.05, 3.63) is 11.9 Å². The predicted octanol–water partition coefficient (Wildman–Crippen LogP) is 0.731. The molecule has 2 fully saturated rings. The van der Waals surface area contributed by atoms with Crippen LogP contribution in [-0.2, 0) is 0 Å². The van der Waals surface area contributed by atoms with Crippen molar-refractivity contribution >= 4 is 29.5 Å². The van der Waals surface area contributed by atoms with E-state index >= 15 is 0 Å². The lowest BCUT2D eigenvalue weighted by molar-refractivity contribution is 0.0996. The average molecular weight is 358 g/mol. The van der Waals surface area contributed by atoms with Gasteiger partial charge in [-0.25, -0.2) is 15.0 Å². The Morgan fingerprint density at radius 1 is 1.35 bits per heavy atom. The van der Waals surface area contributed by atoms with Crippen LogP contribution in [0.25, 0.3) is 0 Å². The standard InChI is InChI=1S/C17H26N8O/c18-7-11(8-21-10-5-6-10)23-17-15(16(20)26)22-9-14(25-17)24-13-4-2-1-3-12(13)19/h7,9-10,12-13,18,21H,1-6,8,19H2,(H2,20,26)(H,24,25)/t12-,13+/m0/s1. The van der Waals surface area contributed by atoms with Gasteiger partial charge in [0.05, 0.1) is 11.9 Å². The zero-order valence-electron chi connectivity index (χ0n) is 14.7. The molecule has 2 atom stereocenters. The Balaban J connectivity index is 1.80. The van der Waals surface area contributed by atoms with E-state index in [1.54, 1.807) is 0 Å². The van der Waals surface area contributed by atoms with E-state index in [9.17, 15) is 4.79 Å². The van der Waals surface area contributed by atoms with Gasteiger partial charge in [-0.2, -0.15) is 0 Å². The van der Waals surface area contributed by atoms with Crippen molar-refractivity contribution in [1.82, 2.24) is 15.3 Å². The smallest absolute Gasteiger partial charge is 0.271 e. The van der Waals surface area contributed by atoms with Gasteiger partial charge in [0.1, 0.15) is 5.82 Å². The topological polar surface area (TPSA) is 155 Å². The van der Waals surface area contributed by atoms with Crippen LogP contribution in [0, 0.1) is 5.41 Å². The SMILES string of the molecule is N=CC(CNC1CC1)=Nc1nc(N[C@@H]2CCCC[C@@H]2N)cnc1C(N)=O. The van der Waals surface area contributed by atoms with E-state index in [1.807, 2.05) is 0 Å². The summed E-state index contributed by atoms with van der Waals surface area (Å²) in [5.74, 6) is -0.0600. The maximum absolute atomic E-state index is 11.7. The minimum absolute atomic E-state index is 0.00531. The van der Waals surface area contributed by atoms with E-state index in [0.29, 0.717) is 24.1 Å². The fourth-order valence-electron chi connectivity index (χ4n) is 3.02. The molecule has 0 radical (unpaired) electrons. The van der Waals surface area contributed by atoms with Crippen LogP contribution in [0.2, 0.25) is 0 Å². The first-order chi connectivity index (χ1) is 12.6. The number of rotatable bonds is 8. The van der Waals surface area contributed by atoms with Crippen molar-refractivity contribution in [2.45, 2.75) is 56.7 Å². The normalized spacial score (nSPS) is 23.5. The molecule has 7 N–H and O–H groups in total. The number of nitrogens with one attached hydrogen (secondary N) is 3. The number of carbonyl (C=O) groups excluding carboxylic acids is 1. The molecule has 1 heterocycles. The highest BCUT2D eigenvalue weighted by Gasteiger charge is 2.23. The Hall–Kier alpha value is -2.39. The maximum atomic E-state index is 11.7. The summed E-state index contributed by atoms with van der Waals surface area (Å²) in [6, 6.07) is 0.670. The van der Waals surface area contributed by atoms with Crippen molar-refractivity contribution in [1.29, 1.82) is 5.41 Å². The summed E-state index contributed by atoms with van der Waals surface area (Å²) >= 11 is 0. The molecule has 0 unspecified atom stereocenters. The number of nitrogens with two attached hydrogens (primary N) is 2. The number of primary amides is 1. The first-order valence-electron chi connectivity index (χ1n) is 9.07. The van der Waals surface area contributed by atoms with E-state index < -0.39 is 5.91 Å². The third kappa shape index (κ3) is 4.83. The summed E-state index contributed by atoms with van der Waals surface area (Å²) in [5.41, 5.74) is 12.0. The van der Waals surface area contributed by atoms with Crippen molar-refractivity contribution in [2.75, 3.05) is 11.9 Å². The number of hydrogen-bond donors (Lipinski definition) is 5. The Kier molecular flexibility index (Phi) is 5.89. The Morgan fingerprint density at radius 3 is 2.77 bits per heavy atom. The van der Waals surface area contributed by atoms with E-state index in [4.69, 9.17) is 16.9 Å². The van der Waals surface area contributed by atoms with Crippen LogP contribution < -0.4 is 22.1 Å². The third-order valence-corrected chi connectivity index (χ3v) is 4.71. The van der Waals surface area contributed by atoms with Crippen LogP contribution in [0.15, 0.2) is 11.2 Å². The fourth-order valence-corrected chi connectivity index (χ4v) is 3.02. The van der Waals surface area contributed by atoms with Crippen LogP contribution in [-0.4, -0.2) is 52.5 Å². The molecule has 1 aromatic heterocycles. The molecule has 26 heavy (non-hydrogen) atoms. The summed E-state index contributed by atoms with van der Waals surface area (Å²) in [6.45, 7) is 0.444. The van der Waals surface area contributed by atoms with Gasteiger partial charge < -0.3 is 27.5 Å². The first kappa shape index (κ1) is 18.4. The van der Waals surface area contributed by atoms with E-state index in [1.165, 1.54) is 6.20 Å². The second-order valence-corrected chi connectivity index (χ2v) is 6.89. The Labute approximate surface area is 152 Å². The summed E-state index contributed by atoms with van der Waals surface area (Å²) in [5, 5.41) is 14.1. The number of hydrogen-bond acceptors (Lipinski definition) is 8. The lowest BCUT2D eigenvalue weighted by Crippen LogP contribution is -2.42. The number of anilines is 1.